The molecule has 0 aromatic carbocycles. The maximum atomic E-state index is 12.5. The first-order chi connectivity index (χ1) is 10.1. The Morgan fingerprint density at radius 3 is 2.81 bits per heavy atom. The lowest BCUT2D eigenvalue weighted by Crippen LogP contribution is -2.47. The molecule has 21 heavy (non-hydrogen) atoms. The second-order valence-corrected chi connectivity index (χ2v) is 6.46. The Morgan fingerprint density at radius 1 is 1.38 bits per heavy atom. The molecule has 0 aliphatic carbocycles. The third-order valence-electron chi connectivity index (χ3n) is 3.69. The van der Waals surface area contributed by atoms with E-state index in [1.54, 1.807) is 17.5 Å². The van der Waals surface area contributed by atoms with E-state index in [9.17, 15) is 4.79 Å². The van der Waals surface area contributed by atoms with E-state index in [0.717, 1.165) is 36.9 Å². The Labute approximate surface area is 127 Å². The summed E-state index contributed by atoms with van der Waals surface area (Å²) in [4.78, 5) is 24.4. The van der Waals surface area contributed by atoms with Gasteiger partial charge in [0.15, 0.2) is 5.82 Å². The summed E-state index contributed by atoms with van der Waals surface area (Å²) >= 11 is 1.67. The van der Waals surface area contributed by atoms with Crippen LogP contribution in [-0.4, -0.2) is 51.5 Å². The summed E-state index contributed by atoms with van der Waals surface area (Å²) in [6.07, 6.45) is 3.53. The molecule has 1 aliphatic rings. The van der Waals surface area contributed by atoms with Crippen molar-refractivity contribution in [2.24, 2.45) is 0 Å². The Hall–Kier alpha value is -1.73. The molecule has 1 amide bonds. The maximum absolute atomic E-state index is 12.5. The second-order valence-electron chi connectivity index (χ2n) is 5.17. The first-order valence-corrected chi connectivity index (χ1v) is 7.91. The smallest absolute Gasteiger partial charge is 0.289 e. The van der Waals surface area contributed by atoms with Crippen molar-refractivity contribution < 1.29 is 4.79 Å². The van der Waals surface area contributed by atoms with Crippen LogP contribution in [0.2, 0.25) is 0 Å². The van der Waals surface area contributed by atoms with Gasteiger partial charge in [-0.25, -0.2) is 9.97 Å². The van der Waals surface area contributed by atoms with Crippen molar-refractivity contribution in [2.75, 3.05) is 26.2 Å². The molecule has 112 valence electrons. The summed E-state index contributed by atoms with van der Waals surface area (Å²) in [7, 11) is 0. The molecule has 1 aliphatic heterocycles. The Morgan fingerprint density at radius 2 is 2.14 bits per heavy atom. The standard InChI is InChI=1S/C14H19N5OS/c1-10-11(2)21-12(17-10)9-19-8-5-16-13(19)14(20)18-6-3-15-4-7-18/h5,8,15H,3-4,6-7,9H2,1-2H3. The number of rotatable bonds is 3. The molecule has 0 spiro atoms. The van der Waals surface area contributed by atoms with Crippen LogP contribution < -0.4 is 5.32 Å². The number of carbonyl (C=O) groups excluding carboxylic acids is 1. The number of hydrogen-bond donors (Lipinski definition) is 1. The molecule has 0 bridgehead atoms. The molecule has 0 saturated carbocycles. The topological polar surface area (TPSA) is 63.1 Å². The van der Waals surface area contributed by atoms with Gasteiger partial charge < -0.3 is 14.8 Å². The van der Waals surface area contributed by atoms with Crippen LogP contribution in [0, 0.1) is 13.8 Å². The first-order valence-electron chi connectivity index (χ1n) is 7.09. The van der Waals surface area contributed by atoms with Crippen LogP contribution in [0.25, 0.3) is 0 Å². The molecule has 3 heterocycles. The molecule has 6 nitrogen and oxygen atoms in total. The Bertz CT molecular complexity index is 622. The van der Waals surface area contributed by atoms with E-state index < -0.39 is 0 Å². The zero-order chi connectivity index (χ0) is 14.8. The van der Waals surface area contributed by atoms with Gasteiger partial charge in [-0.05, 0) is 13.8 Å². The van der Waals surface area contributed by atoms with Crippen molar-refractivity contribution in [3.05, 3.63) is 33.8 Å². The Kier molecular flexibility index (Phi) is 4.03. The number of aryl methyl sites for hydroxylation is 2. The minimum Gasteiger partial charge on any atom is -0.333 e. The summed E-state index contributed by atoms with van der Waals surface area (Å²) < 4.78 is 1.89. The average molecular weight is 305 g/mol. The lowest BCUT2D eigenvalue weighted by atomic mass is 10.3. The highest BCUT2D eigenvalue weighted by molar-refractivity contribution is 7.11. The van der Waals surface area contributed by atoms with E-state index in [-0.39, 0.29) is 5.91 Å². The summed E-state index contributed by atoms with van der Waals surface area (Å²) in [6.45, 7) is 7.84. The van der Waals surface area contributed by atoms with Gasteiger partial charge in [-0.15, -0.1) is 11.3 Å². The molecular weight excluding hydrogens is 286 g/mol. The number of thiazole rings is 1. The van der Waals surface area contributed by atoms with Crippen molar-refractivity contribution in [3.63, 3.8) is 0 Å². The third-order valence-corrected chi connectivity index (χ3v) is 4.75. The molecule has 0 radical (unpaired) electrons. The lowest BCUT2D eigenvalue weighted by molar-refractivity contribution is 0.0719. The molecule has 1 N–H and O–H groups in total. The number of amides is 1. The average Bonchev–Trinajstić information content (AvgIpc) is 3.07. The number of piperazine rings is 1. The number of hydrogen-bond acceptors (Lipinski definition) is 5. The number of nitrogens with one attached hydrogen (secondary N) is 1. The normalized spacial score (nSPS) is 15.4. The zero-order valence-corrected chi connectivity index (χ0v) is 13.1. The SMILES string of the molecule is Cc1nc(Cn2ccnc2C(=O)N2CCNCC2)sc1C. The monoisotopic (exact) mass is 305 g/mol. The van der Waals surface area contributed by atoms with Crippen LogP contribution in [0.1, 0.15) is 26.2 Å². The van der Waals surface area contributed by atoms with Gasteiger partial charge in [0.25, 0.3) is 5.91 Å². The summed E-state index contributed by atoms with van der Waals surface area (Å²) in [5, 5.41) is 4.26. The predicted molar refractivity (Wildman–Crippen MR) is 81.7 cm³/mol. The number of carbonyl (C=O) groups is 1. The van der Waals surface area contributed by atoms with Crippen molar-refractivity contribution in [2.45, 2.75) is 20.4 Å². The van der Waals surface area contributed by atoms with Gasteiger partial charge >= 0.3 is 0 Å². The molecule has 2 aromatic rings. The van der Waals surface area contributed by atoms with Gasteiger partial charge in [0.05, 0.1) is 12.2 Å². The van der Waals surface area contributed by atoms with Gasteiger partial charge in [0.2, 0.25) is 0 Å². The van der Waals surface area contributed by atoms with Gasteiger partial charge in [-0.2, -0.15) is 0 Å². The van der Waals surface area contributed by atoms with Crippen LogP contribution >= 0.6 is 11.3 Å². The largest absolute Gasteiger partial charge is 0.333 e. The second kappa shape index (κ2) is 5.95. The Balaban J connectivity index is 1.78. The highest BCUT2D eigenvalue weighted by Crippen LogP contribution is 2.18. The van der Waals surface area contributed by atoms with Gasteiger partial charge in [-0.3, -0.25) is 4.79 Å². The molecule has 1 saturated heterocycles. The zero-order valence-electron chi connectivity index (χ0n) is 12.3. The van der Waals surface area contributed by atoms with E-state index in [4.69, 9.17) is 0 Å². The van der Waals surface area contributed by atoms with E-state index >= 15 is 0 Å². The molecule has 0 unspecified atom stereocenters. The minimum absolute atomic E-state index is 0.00602. The van der Waals surface area contributed by atoms with Crippen molar-refractivity contribution in [3.8, 4) is 0 Å². The molecular formula is C14H19N5OS. The van der Waals surface area contributed by atoms with Crippen LogP contribution in [0.5, 0.6) is 0 Å². The van der Waals surface area contributed by atoms with Crippen LogP contribution in [0.15, 0.2) is 12.4 Å². The van der Waals surface area contributed by atoms with E-state index in [1.165, 1.54) is 4.88 Å². The number of nitrogens with zero attached hydrogens (tertiary/aromatic N) is 4. The maximum Gasteiger partial charge on any atom is 0.289 e. The fourth-order valence-corrected chi connectivity index (χ4v) is 3.33. The highest BCUT2D eigenvalue weighted by atomic mass is 32.1. The quantitative estimate of drug-likeness (QED) is 0.921. The summed E-state index contributed by atoms with van der Waals surface area (Å²) in [5.74, 6) is 0.508. The van der Waals surface area contributed by atoms with Crippen LogP contribution in [0.4, 0.5) is 0 Å². The van der Waals surface area contributed by atoms with Gasteiger partial charge in [-0.1, -0.05) is 0 Å². The fourth-order valence-electron chi connectivity index (χ4n) is 2.40. The number of aromatic nitrogens is 3. The van der Waals surface area contributed by atoms with Crippen molar-refractivity contribution in [1.29, 1.82) is 0 Å². The summed E-state index contributed by atoms with van der Waals surface area (Å²) in [6, 6.07) is 0. The molecule has 7 heteroatoms. The van der Waals surface area contributed by atoms with Crippen molar-refractivity contribution in [1.82, 2.24) is 24.8 Å². The van der Waals surface area contributed by atoms with E-state index in [2.05, 4.69) is 22.2 Å². The van der Waals surface area contributed by atoms with Crippen LogP contribution in [-0.2, 0) is 6.54 Å². The predicted octanol–water partition coefficient (Wildman–Crippen LogP) is 1.05. The van der Waals surface area contributed by atoms with Crippen LogP contribution in [0.3, 0.4) is 0 Å². The molecule has 0 atom stereocenters. The molecule has 2 aromatic heterocycles. The summed E-state index contributed by atoms with van der Waals surface area (Å²) in [5.41, 5.74) is 1.06. The highest BCUT2D eigenvalue weighted by Gasteiger charge is 2.22. The third kappa shape index (κ3) is 2.98. The molecule has 3 rings (SSSR count). The fraction of sp³-hybridized carbons (Fsp3) is 0.500. The van der Waals surface area contributed by atoms with Gasteiger partial charge in [0, 0.05) is 43.4 Å². The minimum atomic E-state index is 0.00602. The van der Waals surface area contributed by atoms with E-state index in [0.29, 0.717) is 12.4 Å². The van der Waals surface area contributed by atoms with Crippen molar-refractivity contribution >= 4 is 17.2 Å². The number of imidazole rings is 1. The van der Waals surface area contributed by atoms with Gasteiger partial charge in [0.1, 0.15) is 5.01 Å². The van der Waals surface area contributed by atoms with E-state index in [1.807, 2.05) is 22.6 Å². The first kappa shape index (κ1) is 14.2. The lowest BCUT2D eigenvalue weighted by Gasteiger charge is -2.27. The molecule has 1 fully saturated rings.